The molecule has 0 fully saturated rings. The summed E-state index contributed by atoms with van der Waals surface area (Å²) in [6.07, 6.45) is 9.83. The second-order valence-corrected chi connectivity index (χ2v) is 5.60. The molecule has 2 aromatic carbocycles. The third-order valence-corrected chi connectivity index (χ3v) is 3.69. The second kappa shape index (κ2) is 9.62. The molecule has 2 aromatic rings. The summed E-state index contributed by atoms with van der Waals surface area (Å²) in [4.78, 5) is 10.6. The van der Waals surface area contributed by atoms with Gasteiger partial charge < -0.3 is 4.74 Å². The lowest BCUT2D eigenvalue weighted by Gasteiger charge is -2.06. The Bertz CT molecular complexity index is 609. The summed E-state index contributed by atoms with van der Waals surface area (Å²) >= 11 is 0. The normalized spacial score (nSPS) is 10.8. The molecule has 0 amide bonds. The van der Waals surface area contributed by atoms with Crippen LogP contribution in [-0.2, 0) is 0 Å². The fraction of sp³-hybridized carbons (Fsp3) is 0.286. The van der Waals surface area contributed by atoms with Crippen LogP contribution in [0.1, 0.15) is 54.1 Å². The summed E-state index contributed by atoms with van der Waals surface area (Å²) in [5.74, 6) is 0.925. The van der Waals surface area contributed by atoms with Gasteiger partial charge in [-0.1, -0.05) is 74.7 Å². The lowest BCUT2D eigenvalue weighted by atomic mass is 10.1. The van der Waals surface area contributed by atoms with Gasteiger partial charge in [-0.15, -0.1) is 0 Å². The van der Waals surface area contributed by atoms with E-state index in [0.717, 1.165) is 36.2 Å². The fourth-order valence-corrected chi connectivity index (χ4v) is 2.27. The van der Waals surface area contributed by atoms with E-state index >= 15 is 0 Å². The van der Waals surface area contributed by atoms with E-state index in [1.54, 1.807) is 0 Å². The molecule has 0 atom stereocenters. The zero-order valence-electron chi connectivity index (χ0n) is 13.7. The van der Waals surface area contributed by atoms with E-state index in [1.807, 2.05) is 42.5 Å². The van der Waals surface area contributed by atoms with Crippen molar-refractivity contribution < 1.29 is 9.53 Å². The first-order valence-electron chi connectivity index (χ1n) is 8.28. The first-order valence-corrected chi connectivity index (χ1v) is 8.28. The van der Waals surface area contributed by atoms with Crippen LogP contribution in [0.4, 0.5) is 0 Å². The largest absolute Gasteiger partial charge is 0.494 e. The third kappa shape index (κ3) is 6.11. The van der Waals surface area contributed by atoms with Crippen molar-refractivity contribution in [2.75, 3.05) is 6.61 Å². The Balaban J connectivity index is 1.83. The van der Waals surface area contributed by atoms with Gasteiger partial charge in [0.05, 0.1) is 6.61 Å². The van der Waals surface area contributed by atoms with Gasteiger partial charge in [0.1, 0.15) is 12.0 Å². The SMILES string of the molecule is CCCCCCOc1ccc(/C=C/c2ccc(C=O)cc2)cc1. The van der Waals surface area contributed by atoms with Crippen LogP contribution in [0, 0.1) is 0 Å². The lowest BCUT2D eigenvalue weighted by molar-refractivity contribution is 0.112. The molecule has 0 saturated heterocycles. The minimum absolute atomic E-state index is 0.697. The molecule has 0 heterocycles. The number of carbonyl (C=O) groups is 1. The molecule has 0 radical (unpaired) electrons. The molecule has 2 heteroatoms. The molecule has 0 unspecified atom stereocenters. The van der Waals surface area contributed by atoms with Crippen molar-refractivity contribution >= 4 is 18.4 Å². The number of unbranched alkanes of at least 4 members (excludes halogenated alkanes) is 3. The number of ether oxygens (including phenoxy) is 1. The Morgan fingerprint density at radius 1 is 0.783 bits per heavy atom. The van der Waals surface area contributed by atoms with Crippen molar-refractivity contribution in [1.29, 1.82) is 0 Å². The summed E-state index contributed by atoms with van der Waals surface area (Å²) < 4.78 is 5.74. The maximum atomic E-state index is 10.6. The third-order valence-electron chi connectivity index (χ3n) is 3.69. The first kappa shape index (κ1) is 17.0. The minimum atomic E-state index is 0.697. The zero-order chi connectivity index (χ0) is 16.3. The number of rotatable bonds is 9. The molecule has 0 aliphatic heterocycles. The summed E-state index contributed by atoms with van der Waals surface area (Å²) in [6.45, 7) is 3.00. The Kier molecular flexibility index (Phi) is 7.12. The van der Waals surface area contributed by atoms with Crippen molar-refractivity contribution in [3.05, 3.63) is 65.2 Å². The highest BCUT2D eigenvalue weighted by Gasteiger charge is 1.95. The average molecular weight is 308 g/mol. The van der Waals surface area contributed by atoms with Crippen LogP contribution in [0.25, 0.3) is 12.2 Å². The van der Waals surface area contributed by atoms with E-state index in [-0.39, 0.29) is 0 Å². The monoisotopic (exact) mass is 308 g/mol. The average Bonchev–Trinajstić information content (AvgIpc) is 2.61. The van der Waals surface area contributed by atoms with Crippen LogP contribution in [0.5, 0.6) is 5.75 Å². The highest BCUT2D eigenvalue weighted by molar-refractivity contribution is 5.76. The lowest BCUT2D eigenvalue weighted by Crippen LogP contribution is -1.96. The zero-order valence-corrected chi connectivity index (χ0v) is 13.7. The Morgan fingerprint density at radius 2 is 1.35 bits per heavy atom. The van der Waals surface area contributed by atoms with E-state index in [0.29, 0.717) is 5.56 Å². The maximum absolute atomic E-state index is 10.6. The van der Waals surface area contributed by atoms with Crippen molar-refractivity contribution in [3.8, 4) is 5.75 Å². The molecule has 23 heavy (non-hydrogen) atoms. The van der Waals surface area contributed by atoms with E-state index < -0.39 is 0 Å². The van der Waals surface area contributed by atoms with Crippen LogP contribution >= 0.6 is 0 Å². The predicted molar refractivity (Wildman–Crippen MR) is 96.8 cm³/mol. The number of benzene rings is 2. The molecule has 2 rings (SSSR count). The Morgan fingerprint density at radius 3 is 1.91 bits per heavy atom. The van der Waals surface area contributed by atoms with Gasteiger partial charge in [-0.2, -0.15) is 0 Å². The minimum Gasteiger partial charge on any atom is -0.494 e. The Labute approximate surface area is 138 Å². The topological polar surface area (TPSA) is 26.3 Å². The van der Waals surface area contributed by atoms with Crippen LogP contribution in [0.15, 0.2) is 48.5 Å². The van der Waals surface area contributed by atoms with Crippen LogP contribution in [-0.4, -0.2) is 12.9 Å². The van der Waals surface area contributed by atoms with Gasteiger partial charge in [0.15, 0.2) is 0 Å². The number of hydrogen-bond acceptors (Lipinski definition) is 2. The molecule has 0 aromatic heterocycles. The van der Waals surface area contributed by atoms with Crippen molar-refractivity contribution in [1.82, 2.24) is 0 Å². The molecular formula is C21H24O2. The van der Waals surface area contributed by atoms with Crippen LogP contribution < -0.4 is 4.74 Å². The van der Waals surface area contributed by atoms with Gasteiger partial charge in [0, 0.05) is 5.56 Å². The molecule has 0 aliphatic rings. The molecule has 2 nitrogen and oxygen atoms in total. The highest BCUT2D eigenvalue weighted by atomic mass is 16.5. The van der Waals surface area contributed by atoms with Gasteiger partial charge in [0.2, 0.25) is 0 Å². The van der Waals surface area contributed by atoms with Crippen LogP contribution in [0.2, 0.25) is 0 Å². The molecule has 120 valence electrons. The van der Waals surface area contributed by atoms with E-state index in [1.165, 1.54) is 19.3 Å². The van der Waals surface area contributed by atoms with Crippen molar-refractivity contribution in [2.45, 2.75) is 32.6 Å². The van der Waals surface area contributed by atoms with Gasteiger partial charge in [-0.05, 0) is 29.7 Å². The molecule has 0 aliphatic carbocycles. The van der Waals surface area contributed by atoms with Gasteiger partial charge in [-0.25, -0.2) is 0 Å². The number of hydrogen-bond donors (Lipinski definition) is 0. The van der Waals surface area contributed by atoms with Gasteiger partial charge >= 0.3 is 0 Å². The smallest absolute Gasteiger partial charge is 0.150 e. The molecule has 0 N–H and O–H groups in total. The summed E-state index contributed by atoms with van der Waals surface area (Å²) in [5.41, 5.74) is 2.90. The van der Waals surface area contributed by atoms with E-state index in [4.69, 9.17) is 4.74 Å². The van der Waals surface area contributed by atoms with E-state index in [2.05, 4.69) is 25.1 Å². The molecule has 0 bridgehead atoms. The molecule has 0 spiro atoms. The first-order chi connectivity index (χ1) is 11.3. The second-order valence-electron chi connectivity index (χ2n) is 5.60. The van der Waals surface area contributed by atoms with Gasteiger partial charge in [-0.3, -0.25) is 4.79 Å². The highest BCUT2D eigenvalue weighted by Crippen LogP contribution is 2.15. The van der Waals surface area contributed by atoms with Crippen LogP contribution in [0.3, 0.4) is 0 Å². The van der Waals surface area contributed by atoms with Crippen molar-refractivity contribution in [2.24, 2.45) is 0 Å². The predicted octanol–water partition coefficient (Wildman–Crippen LogP) is 5.63. The Hall–Kier alpha value is -2.35. The van der Waals surface area contributed by atoms with E-state index in [9.17, 15) is 4.79 Å². The molecular weight excluding hydrogens is 284 g/mol. The maximum Gasteiger partial charge on any atom is 0.150 e. The summed E-state index contributed by atoms with van der Waals surface area (Å²) in [7, 11) is 0. The fourth-order valence-electron chi connectivity index (χ4n) is 2.27. The molecule has 0 saturated carbocycles. The summed E-state index contributed by atoms with van der Waals surface area (Å²) in [6, 6.07) is 15.6. The number of carbonyl (C=O) groups excluding carboxylic acids is 1. The standard InChI is InChI=1S/C21H24O2/c1-2-3-4-5-16-23-21-14-12-19(13-15-21)7-6-18-8-10-20(17-22)11-9-18/h6-15,17H,2-5,16H2,1H3/b7-6+. The van der Waals surface area contributed by atoms with Crippen molar-refractivity contribution in [3.63, 3.8) is 0 Å². The van der Waals surface area contributed by atoms with Gasteiger partial charge in [0.25, 0.3) is 0 Å². The quantitative estimate of drug-likeness (QED) is 0.341. The number of aldehydes is 1. The summed E-state index contributed by atoms with van der Waals surface area (Å²) in [5, 5.41) is 0.